The summed E-state index contributed by atoms with van der Waals surface area (Å²) in [4.78, 5) is 28.0. The zero-order valence-corrected chi connectivity index (χ0v) is 19.5. The van der Waals surface area contributed by atoms with Gasteiger partial charge in [-0.1, -0.05) is 25.4 Å². The van der Waals surface area contributed by atoms with E-state index in [1.54, 1.807) is 0 Å². The molecule has 1 heterocycles. The molecule has 1 aromatic carbocycles. The third-order valence-corrected chi connectivity index (χ3v) is 5.93. The quantitative estimate of drug-likeness (QED) is 0.701. The molecule has 3 rings (SSSR count). The van der Waals surface area contributed by atoms with Crippen LogP contribution in [0.25, 0.3) is 0 Å². The van der Waals surface area contributed by atoms with E-state index in [1.807, 2.05) is 32.9 Å². The van der Waals surface area contributed by atoms with Crippen LogP contribution in [0.15, 0.2) is 12.1 Å². The first kappa shape index (κ1) is 22.7. The summed E-state index contributed by atoms with van der Waals surface area (Å²) < 4.78 is 5.47. The van der Waals surface area contributed by atoms with Crippen molar-refractivity contribution in [3.63, 3.8) is 0 Å². The monoisotopic (exact) mass is 435 g/mol. The van der Waals surface area contributed by atoms with Crippen molar-refractivity contribution in [1.29, 1.82) is 0 Å². The Bertz CT molecular complexity index is 817. The molecule has 0 aromatic heterocycles. The average molecular weight is 436 g/mol. The molecule has 0 bridgehead atoms. The first-order valence-electron chi connectivity index (χ1n) is 10.9. The van der Waals surface area contributed by atoms with Crippen molar-refractivity contribution in [3.8, 4) is 0 Å². The maximum atomic E-state index is 13.2. The highest BCUT2D eigenvalue weighted by Gasteiger charge is 2.48. The summed E-state index contributed by atoms with van der Waals surface area (Å²) in [6, 6.07) is 4.21. The van der Waals surface area contributed by atoms with Crippen molar-refractivity contribution in [2.75, 3.05) is 18.0 Å². The number of anilines is 1. The highest BCUT2D eigenvalue weighted by Crippen LogP contribution is 2.35. The molecule has 0 radical (unpaired) electrons. The molecular formula is C23H34ClN3O3. The number of carbonyl (C=O) groups excluding carboxylic acids is 2. The highest BCUT2D eigenvalue weighted by atomic mass is 35.5. The van der Waals surface area contributed by atoms with E-state index >= 15 is 0 Å². The fraction of sp³-hybridized carbons (Fsp3) is 0.652. The number of amides is 2. The summed E-state index contributed by atoms with van der Waals surface area (Å²) in [6.07, 6.45) is 3.72. The number of halogens is 1. The van der Waals surface area contributed by atoms with Gasteiger partial charge >= 0.3 is 6.09 Å². The van der Waals surface area contributed by atoms with E-state index in [2.05, 4.69) is 29.4 Å². The Morgan fingerprint density at radius 2 is 1.93 bits per heavy atom. The minimum absolute atomic E-state index is 0.130. The molecule has 1 atom stereocenters. The lowest BCUT2D eigenvalue weighted by molar-refractivity contribution is -0.127. The predicted octanol–water partition coefficient (Wildman–Crippen LogP) is 4.22. The van der Waals surface area contributed by atoms with Crippen LogP contribution in [0.1, 0.15) is 65.0 Å². The molecule has 1 aromatic rings. The van der Waals surface area contributed by atoms with Gasteiger partial charge < -0.3 is 20.3 Å². The highest BCUT2D eigenvalue weighted by molar-refractivity contribution is 6.31. The van der Waals surface area contributed by atoms with Gasteiger partial charge in [-0.2, -0.15) is 0 Å². The summed E-state index contributed by atoms with van der Waals surface area (Å²) in [6.45, 7) is 10.7. The molecular weight excluding hydrogens is 402 g/mol. The van der Waals surface area contributed by atoms with Gasteiger partial charge in [-0.05, 0) is 76.1 Å². The van der Waals surface area contributed by atoms with Crippen LogP contribution < -0.4 is 15.5 Å². The van der Waals surface area contributed by atoms with Crippen molar-refractivity contribution in [1.82, 2.24) is 10.6 Å². The summed E-state index contributed by atoms with van der Waals surface area (Å²) in [5.41, 5.74) is 1.87. The third-order valence-electron chi connectivity index (χ3n) is 5.72. The van der Waals surface area contributed by atoms with Gasteiger partial charge in [0.2, 0.25) is 5.91 Å². The molecule has 2 fully saturated rings. The lowest BCUT2D eigenvalue weighted by Crippen LogP contribution is -2.61. The molecule has 1 aliphatic carbocycles. The first-order chi connectivity index (χ1) is 14.1. The van der Waals surface area contributed by atoms with Crippen LogP contribution in [0, 0.1) is 0 Å². The Morgan fingerprint density at radius 3 is 2.50 bits per heavy atom. The van der Waals surface area contributed by atoms with Crippen molar-refractivity contribution in [2.24, 2.45) is 0 Å². The van der Waals surface area contributed by atoms with Gasteiger partial charge in [-0.15, -0.1) is 0 Å². The lowest BCUT2D eigenvalue weighted by Gasteiger charge is -2.32. The number of nitrogens with one attached hydrogen (secondary N) is 2. The predicted molar refractivity (Wildman–Crippen MR) is 120 cm³/mol. The molecule has 2 N–H and O–H groups in total. The molecule has 30 heavy (non-hydrogen) atoms. The van der Waals surface area contributed by atoms with Crippen molar-refractivity contribution < 1.29 is 14.3 Å². The van der Waals surface area contributed by atoms with Crippen molar-refractivity contribution in [3.05, 3.63) is 28.3 Å². The molecule has 1 aliphatic heterocycles. The second-order valence-electron chi connectivity index (χ2n) is 9.40. The normalized spacial score (nSPS) is 21.5. The number of nitrogens with zero attached hydrogens (tertiary/aromatic N) is 1. The summed E-state index contributed by atoms with van der Waals surface area (Å²) >= 11 is 6.41. The van der Waals surface area contributed by atoms with E-state index in [4.69, 9.17) is 16.3 Å². The minimum Gasteiger partial charge on any atom is -0.444 e. The average Bonchev–Trinajstić information content (AvgIpc) is 3.36. The van der Waals surface area contributed by atoms with Gasteiger partial charge in [0.05, 0.1) is 6.54 Å². The van der Waals surface area contributed by atoms with Gasteiger partial charge in [0.1, 0.15) is 11.1 Å². The van der Waals surface area contributed by atoms with Crippen LogP contribution in [0.2, 0.25) is 5.02 Å². The maximum Gasteiger partial charge on any atom is 0.408 e. The molecule has 2 aliphatic rings. The Balaban J connectivity index is 1.88. The molecule has 2 amide bonds. The number of alkyl carbamates (subject to hydrolysis) is 1. The van der Waals surface area contributed by atoms with Crippen LogP contribution in [0.3, 0.4) is 0 Å². The van der Waals surface area contributed by atoms with Crippen molar-refractivity contribution >= 4 is 29.3 Å². The number of benzene rings is 1. The smallest absolute Gasteiger partial charge is 0.408 e. The van der Waals surface area contributed by atoms with Gasteiger partial charge in [0.15, 0.2) is 0 Å². The molecule has 1 saturated heterocycles. The maximum absolute atomic E-state index is 13.2. The summed E-state index contributed by atoms with van der Waals surface area (Å²) in [5.74, 6) is -0.130. The van der Waals surface area contributed by atoms with Gasteiger partial charge in [0.25, 0.3) is 0 Å². The van der Waals surface area contributed by atoms with Crippen LogP contribution >= 0.6 is 11.6 Å². The van der Waals surface area contributed by atoms with E-state index in [0.29, 0.717) is 24.5 Å². The molecule has 1 saturated carbocycles. The summed E-state index contributed by atoms with van der Waals surface area (Å²) in [7, 11) is 0. The fourth-order valence-electron chi connectivity index (χ4n) is 4.09. The van der Waals surface area contributed by atoms with Crippen molar-refractivity contribution in [2.45, 2.75) is 83.9 Å². The van der Waals surface area contributed by atoms with E-state index in [0.717, 1.165) is 31.4 Å². The number of hydrogen-bond donors (Lipinski definition) is 2. The molecule has 0 unspecified atom stereocenters. The number of ether oxygens (including phenoxy) is 1. The Morgan fingerprint density at radius 1 is 1.23 bits per heavy atom. The number of carbonyl (C=O) groups is 2. The van der Waals surface area contributed by atoms with Gasteiger partial charge in [0, 0.05) is 23.3 Å². The lowest BCUT2D eigenvalue weighted by atomic mass is 9.97. The van der Waals surface area contributed by atoms with E-state index < -0.39 is 17.2 Å². The van der Waals surface area contributed by atoms with Crippen LogP contribution in [-0.4, -0.2) is 42.3 Å². The minimum atomic E-state index is -1.02. The van der Waals surface area contributed by atoms with E-state index in [1.165, 1.54) is 11.1 Å². The fourth-order valence-corrected chi connectivity index (χ4v) is 4.33. The van der Waals surface area contributed by atoms with Gasteiger partial charge in [-0.25, -0.2) is 4.79 Å². The van der Waals surface area contributed by atoms with E-state index in [9.17, 15) is 9.59 Å². The second-order valence-corrected chi connectivity index (χ2v) is 9.83. The number of rotatable bonds is 6. The summed E-state index contributed by atoms with van der Waals surface area (Å²) in [5, 5.41) is 6.69. The molecule has 166 valence electrons. The van der Waals surface area contributed by atoms with Crippen LogP contribution in [0.4, 0.5) is 10.5 Å². The molecule has 0 spiro atoms. The number of aryl methyl sites for hydroxylation is 1. The largest absolute Gasteiger partial charge is 0.444 e. The molecule has 6 nitrogen and oxygen atoms in total. The first-order valence-corrected chi connectivity index (χ1v) is 11.3. The number of hydrogen-bond acceptors (Lipinski definition) is 4. The Hall–Kier alpha value is -1.95. The third kappa shape index (κ3) is 5.20. The zero-order valence-electron chi connectivity index (χ0n) is 18.7. The standard InChI is InChI=1S/C23H34ClN3O3/c1-6-15-12-16(24)13-19(18(15)7-2)27-11-10-23(14-27,20(28)25-17-8-9-17)26-21(29)30-22(3,4)5/h12-13,17H,6-11,14H2,1-5H3,(H,25,28)(H,26,29)/t23-/m1/s1. The van der Waals surface area contributed by atoms with Crippen LogP contribution in [-0.2, 0) is 22.4 Å². The Kier molecular flexibility index (Phi) is 6.56. The molecule has 7 heteroatoms. The zero-order chi connectivity index (χ0) is 22.1. The Labute approximate surface area is 184 Å². The van der Waals surface area contributed by atoms with E-state index in [-0.39, 0.29) is 11.9 Å². The van der Waals surface area contributed by atoms with Gasteiger partial charge in [-0.3, -0.25) is 4.79 Å². The topological polar surface area (TPSA) is 70.7 Å². The second kappa shape index (κ2) is 8.66. The SMILES string of the molecule is CCc1cc(Cl)cc(N2CC[C@](NC(=O)OC(C)(C)C)(C(=O)NC3CC3)C2)c1CC. The van der Waals surface area contributed by atoms with Crippen LogP contribution in [0.5, 0.6) is 0 Å².